The summed E-state index contributed by atoms with van der Waals surface area (Å²) in [5, 5.41) is 13.9. The van der Waals surface area contributed by atoms with Crippen LogP contribution in [0.25, 0.3) is 0 Å². The van der Waals surface area contributed by atoms with E-state index in [1.807, 2.05) is 19.9 Å². The molecule has 0 radical (unpaired) electrons. The SMILES string of the molecule is C.C1CCOC1.COc1c(Br)ccc(Cl)c1CN1O[C@@H](CO)C2C1C(=O)O[C@H]2C.COc1c(Br)ccc(Cl)c1CN1O[C@@H](CO[Si](C)(C)C(C)(C)C)[C@H]2[C@H](C)OC(=O)[C@H]21.Cl. The zero-order valence-electron chi connectivity index (χ0n) is 34.9. The molecule has 2 aromatic carbocycles. The molecule has 1 N–H and O–H groups in total. The van der Waals surface area contributed by atoms with Gasteiger partial charge in [-0.05, 0) is 101 Å². The summed E-state index contributed by atoms with van der Waals surface area (Å²) >= 11 is 19.7. The van der Waals surface area contributed by atoms with Gasteiger partial charge in [-0.25, -0.2) is 0 Å². The minimum atomic E-state index is -1.95. The Bertz CT molecular complexity index is 1770. The van der Waals surface area contributed by atoms with Crippen molar-refractivity contribution >= 4 is 87.7 Å². The molecule has 8 atom stereocenters. The summed E-state index contributed by atoms with van der Waals surface area (Å²) in [7, 11) is 1.19. The van der Waals surface area contributed by atoms with E-state index in [-0.39, 0.29) is 80.1 Å². The van der Waals surface area contributed by atoms with Crippen molar-refractivity contribution in [3.8, 4) is 11.5 Å². The first-order valence-electron chi connectivity index (χ1n) is 19.5. The van der Waals surface area contributed by atoms with Gasteiger partial charge in [-0.15, -0.1) is 12.4 Å². The van der Waals surface area contributed by atoms with Crippen LogP contribution in [-0.2, 0) is 51.0 Å². The van der Waals surface area contributed by atoms with Crippen molar-refractivity contribution in [3.63, 3.8) is 0 Å². The molecule has 5 saturated heterocycles. The number of halogens is 5. The average Bonchev–Trinajstić information content (AvgIpc) is 4.00. The standard InChI is InChI=1S/C21H31BrClNO5Si.C15H17BrClNO5.C4H8O.CH4.ClH/c1-12-17-16(11-27-30(6,7)21(2,3)4)29-24(18(17)20(25)28-12)10-13-15(23)9-8-14(22)19(13)26-5;1-7-12-11(6-19)23-18(13(12)15(20)22-7)5-8-10(17)4-3-9(16)14(8)21-2;1-2-4-5-3-1;;/h8-9,12,16-18H,10-11H2,1-7H3;3-4,7,11-13,19H,5-6H2,1-2H3;1-4H2;1H4;1H/t12-,16-,17+,18-;7-,11-,12?,13?;;;/m00.../s1. The third kappa shape index (κ3) is 11.7. The maximum Gasteiger partial charge on any atom is 0.326 e. The number of esters is 2. The molecule has 2 aromatic rings. The number of rotatable bonds is 10. The minimum absolute atomic E-state index is 0. The monoisotopic (exact) mass is 1050 g/mol. The number of benzene rings is 2. The Hall–Kier alpha value is -1.25. The molecule has 5 aliphatic heterocycles. The molecular weight excluding hydrogens is 991 g/mol. The first-order valence-corrected chi connectivity index (χ1v) is 24.7. The number of ether oxygens (including phenoxy) is 5. The van der Waals surface area contributed by atoms with E-state index in [0.29, 0.717) is 40.3 Å². The summed E-state index contributed by atoms with van der Waals surface area (Å²) in [6.07, 6.45) is 1.29. The van der Waals surface area contributed by atoms with E-state index in [4.69, 9.17) is 61.0 Å². The van der Waals surface area contributed by atoms with Crippen LogP contribution in [0, 0.1) is 11.8 Å². The minimum Gasteiger partial charge on any atom is -0.495 e. The number of hydrogen-bond donors (Lipinski definition) is 1. The van der Waals surface area contributed by atoms with Crippen LogP contribution in [0.4, 0.5) is 0 Å². The molecule has 5 heterocycles. The molecule has 60 heavy (non-hydrogen) atoms. The molecule has 19 heteroatoms. The zero-order chi connectivity index (χ0) is 42.7. The highest BCUT2D eigenvalue weighted by atomic mass is 79.9. The molecule has 7 rings (SSSR count). The van der Waals surface area contributed by atoms with Gasteiger partial charge in [0, 0.05) is 34.4 Å². The second-order valence-electron chi connectivity index (χ2n) is 16.4. The van der Waals surface area contributed by atoms with Gasteiger partial charge in [0.2, 0.25) is 0 Å². The van der Waals surface area contributed by atoms with Gasteiger partial charge < -0.3 is 33.2 Å². The predicted molar refractivity (Wildman–Crippen MR) is 242 cm³/mol. The van der Waals surface area contributed by atoms with Gasteiger partial charge in [0.25, 0.3) is 0 Å². The largest absolute Gasteiger partial charge is 0.495 e. The summed E-state index contributed by atoms with van der Waals surface area (Å²) < 4.78 is 34.7. The highest BCUT2D eigenvalue weighted by molar-refractivity contribution is 9.11. The summed E-state index contributed by atoms with van der Waals surface area (Å²) in [6, 6.07) is 6.12. The number of carbonyl (C=O) groups excluding carboxylic acids is 2. The van der Waals surface area contributed by atoms with E-state index in [0.717, 1.165) is 27.7 Å². The summed E-state index contributed by atoms with van der Waals surface area (Å²) in [4.78, 5) is 36.8. The fourth-order valence-corrected chi connectivity index (χ4v) is 10.0. The first kappa shape index (κ1) is 53.1. The molecule has 340 valence electrons. The van der Waals surface area contributed by atoms with E-state index in [1.165, 1.54) is 17.9 Å². The second-order valence-corrected chi connectivity index (χ2v) is 23.8. The van der Waals surface area contributed by atoms with Crippen molar-refractivity contribution in [3.05, 3.63) is 54.4 Å². The van der Waals surface area contributed by atoms with Crippen LogP contribution in [0.15, 0.2) is 33.2 Å². The average molecular weight is 1050 g/mol. The Morgan fingerprint density at radius 1 is 0.800 bits per heavy atom. The van der Waals surface area contributed by atoms with Gasteiger partial charge in [0.15, 0.2) is 8.32 Å². The Morgan fingerprint density at radius 2 is 1.22 bits per heavy atom. The number of hydroxylamine groups is 4. The molecule has 0 bridgehead atoms. The van der Waals surface area contributed by atoms with Crippen LogP contribution in [0.5, 0.6) is 11.5 Å². The Kier molecular flexibility index (Phi) is 20.0. The fourth-order valence-electron chi connectivity index (χ4n) is 7.52. The summed E-state index contributed by atoms with van der Waals surface area (Å²) in [5.41, 5.74) is 1.46. The third-order valence-corrected chi connectivity index (χ3v) is 18.1. The van der Waals surface area contributed by atoms with Gasteiger partial charge in [0.05, 0.1) is 61.3 Å². The highest BCUT2D eigenvalue weighted by Crippen LogP contribution is 2.44. The third-order valence-electron chi connectivity index (χ3n) is 11.7. The van der Waals surface area contributed by atoms with Crippen molar-refractivity contribution in [1.82, 2.24) is 10.1 Å². The van der Waals surface area contributed by atoms with Gasteiger partial charge in [-0.3, -0.25) is 19.3 Å². The van der Waals surface area contributed by atoms with Crippen molar-refractivity contribution in [2.24, 2.45) is 11.8 Å². The van der Waals surface area contributed by atoms with E-state index in [2.05, 4.69) is 65.7 Å². The molecule has 0 aliphatic carbocycles. The molecule has 0 saturated carbocycles. The van der Waals surface area contributed by atoms with E-state index < -0.39 is 26.5 Å². The normalized spacial score (nSPS) is 27.3. The molecule has 13 nitrogen and oxygen atoms in total. The number of carbonyl (C=O) groups is 2. The summed E-state index contributed by atoms with van der Waals surface area (Å²) in [5.74, 6) is 0.298. The van der Waals surface area contributed by atoms with Crippen LogP contribution in [0.3, 0.4) is 0 Å². The van der Waals surface area contributed by atoms with E-state index in [9.17, 15) is 14.7 Å². The highest BCUT2D eigenvalue weighted by Gasteiger charge is 2.58. The Labute approximate surface area is 389 Å². The summed E-state index contributed by atoms with van der Waals surface area (Å²) in [6.45, 7) is 17.6. The molecule has 5 aliphatic rings. The molecule has 0 amide bonds. The molecule has 2 unspecified atom stereocenters. The topological polar surface area (TPSA) is 135 Å². The van der Waals surface area contributed by atoms with Crippen LogP contribution >= 0.6 is 67.5 Å². The van der Waals surface area contributed by atoms with Gasteiger partial charge in [-0.2, -0.15) is 10.1 Å². The number of cyclic esters (lactones) is 2. The van der Waals surface area contributed by atoms with Gasteiger partial charge in [0.1, 0.15) is 48.0 Å². The quantitative estimate of drug-likeness (QED) is 0.179. The van der Waals surface area contributed by atoms with Crippen LogP contribution in [-0.4, -0.2) is 113 Å². The number of nitrogens with zero attached hydrogens (tertiary/aromatic N) is 2. The van der Waals surface area contributed by atoms with E-state index >= 15 is 0 Å². The lowest BCUT2D eigenvalue weighted by Crippen LogP contribution is -2.44. The van der Waals surface area contributed by atoms with Gasteiger partial charge in [-0.1, -0.05) is 51.4 Å². The lowest BCUT2D eigenvalue weighted by atomic mass is 9.93. The molecular formula is C41H61Br2Cl3N2O11Si. The second kappa shape index (κ2) is 22.6. The van der Waals surface area contributed by atoms with Crippen LogP contribution in [0.1, 0.15) is 66.0 Å². The van der Waals surface area contributed by atoms with Crippen molar-refractivity contribution in [2.45, 2.75) is 123 Å². The lowest BCUT2D eigenvalue weighted by molar-refractivity contribution is -0.196. The molecule has 5 fully saturated rings. The maximum atomic E-state index is 12.6. The number of methoxy groups -OCH3 is 2. The molecule has 0 aromatic heterocycles. The predicted octanol–water partition coefficient (Wildman–Crippen LogP) is 9.18. The number of aliphatic hydroxyl groups excluding tert-OH is 1. The smallest absolute Gasteiger partial charge is 0.326 e. The van der Waals surface area contributed by atoms with Crippen molar-refractivity contribution < 1.29 is 52.5 Å². The fraction of sp³-hybridized carbons (Fsp3) is 0.659. The van der Waals surface area contributed by atoms with Crippen molar-refractivity contribution in [2.75, 3.05) is 40.6 Å². The number of aliphatic hydroxyl groups is 1. The lowest BCUT2D eigenvalue weighted by Gasteiger charge is -2.37. The van der Waals surface area contributed by atoms with E-state index in [1.54, 1.807) is 37.5 Å². The number of hydrogen-bond acceptors (Lipinski definition) is 13. The van der Waals surface area contributed by atoms with Crippen LogP contribution in [0.2, 0.25) is 28.2 Å². The number of fused-ring (bicyclic) bond motifs is 2. The van der Waals surface area contributed by atoms with Gasteiger partial charge >= 0.3 is 11.9 Å². The Balaban J connectivity index is 0.000000284. The zero-order valence-corrected chi connectivity index (χ0v) is 41.4. The Morgan fingerprint density at radius 3 is 1.58 bits per heavy atom. The van der Waals surface area contributed by atoms with Crippen molar-refractivity contribution in [1.29, 1.82) is 0 Å². The first-order chi connectivity index (χ1) is 27.3. The molecule has 0 spiro atoms. The van der Waals surface area contributed by atoms with Crippen LogP contribution < -0.4 is 9.47 Å². The maximum absolute atomic E-state index is 12.6.